The highest BCUT2D eigenvalue weighted by Crippen LogP contribution is 2.16. The molecule has 0 aliphatic carbocycles. The smallest absolute Gasteiger partial charge is 0.471 e. The third kappa shape index (κ3) is 4.76. The van der Waals surface area contributed by atoms with E-state index in [4.69, 9.17) is 5.11 Å². The summed E-state index contributed by atoms with van der Waals surface area (Å²) < 4.78 is 40.9. The molecule has 0 saturated heterocycles. The summed E-state index contributed by atoms with van der Waals surface area (Å²) >= 11 is 0. The molecule has 0 radical (unpaired) electrons. The molecule has 0 saturated carbocycles. The number of halogens is 3. The first-order valence-corrected chi connectivity index (χ1v) is 5.93. The lowest BCUT2D eigenvalue weighted by Gasteiger charge is -2.16. The van der Waals surface area contributed by atoms with E-state index in [1.54, 1.807) is 0 Å². The zero-order valence-corrected chi connectivity index (χ0v) is 11.3. The fourth-order valence-electron chi connectivity index (χ4n) is 1.53. The van der Waals surface area contributed by atoms with Crippen molar-refractivity contribution in [2.24, 2.45) is 0 Å². The van der Waals surface area contributed by atoms with Crippen LogP contribution in [0, 0.1) is 0 Å². The lowest BCUT2D eigenvalue weighted by Crippen LogP contribution is -2.48. The van der Waals surface area contributed by atoms with E-state index >= 15 is 0 Å². The highest BCUT2D eigenvalue weighted by Gasteiger charge is 2.41. The molecule has 2 N–H and O–H groups in total. The van der Waals surface area contributed by atoms with Gasteiger partial charge in [0, 0.05) is 12.0 Å². The molecule has 1 atom stereocenters. The average molecular weight is 319 g/mol. The second kappa shape index (κ2) is 6.92. The Morgan fingerprint density at radius 2 is 1.77 bits per heavy atom. The molecule has 6 nitrogen and oxygen atoms in total. The third-order valence-corrected chi connectivity index (χ3v) is 2.63. The van der Waals surface area contributed by atoms with Gasteiger partial charge in [-0.2, -0.15) is 13.2 Å². The molecule has 0 spiro atoms. The highest BCUT2D eigenvalue weighted by molar-refractivity contribution is 6.00. The number of hydrogen-bond acceptors (Lipinski definition) is 5. The number of alkyl halides is 3. The molecule has 0 aliphatic heterocycles. The van der Waals surface area contributed by atoms with Crippen LogP contribution in [0.5, 0.6) is 5.75 Å². The van der Waals surface area contributed by atoms with Crippen LogP contribution in [-0.2, 0) is 14.3 Å². The number of nitrogens with one attached hydrogen (secondary N) is 1. The molecule has 22 heavy (non-hydrogen) atoms. The molecule has 0 aromatic heterocycles. The van der Waals surface area contributed by atoms with Crippen LogP contribution < -0.4 is 5.32 Å². The fraction of sp³-hybridized carbons (Fsp3) is 0.308. The van der Waals surface area contributed by atoms with E-state index in [0.717, 1.165) is 7.11 Å². The van der Waals surface area contributed by atoms with Gasteiger partial charge in [-0.05, 0) is 24.3 Å². The van der Waals surface area contributed by atoms with Crippen LogP contribution in [0.2, 0.25) is 0 Å². The van der Waals surface area contributed by atoms with E-state index in [0.29, 0.717) is 0 Å². The lowest BCUT2D eigenvalue weighted by molar-refractivity contribution is -0.175. The van der Waals surface area contributed by atoms with Gasteiger partial charge in [-0.3, -0.25) is 9.59 Å². The Kier molecular flexibility index (Phi) is 5.50. The minimum Gasteiger partial charge on any atom is -0.508 e. The minimum atomic E-state index is -5.19. The minimum absolute atomic E-state index is 0.0629. The van der Waals surface area contributed by atoms with Gasteiger partial charge in [0.1, 0.15) is 11.8 Å². The van der Waals surface area contributed by atoms with Crippen molar-refractivity contribution in [2.75, 3.05) is 7.11 Å². The van der Waals surface area contributed by atoms with Crippen LogP contribution in [0.25, 0.3) is 0 Å². The number of methoxy groups -OCH3 is 1. The fourth-order valence-corrected chi connectivity index (χ4v) is 1.53. The molecule has 9 heteroatoms. The van der Waals surface area contributed by atoms with Gasteiger partial charge >= 0.3 is 18.1 Å². The maximum Gasteiger partial charge on any atom is 0.471 e. The number of phenolic OH excluding ortho intramolecular Hbond substituents is 1. The van der Waals surface area contributed by atoms with Crippen LogP contribution in [0.15, 0.2) is 24.3 Å². The van der Waals surface area contributed by atoms with Crippen molar-refractivity contribution in [1.82, 2.24) is 5.32 Å². The highest BCUT2D eigenvalue weighted by atomic mass is 19.4. The van der Waals surface area contributed by atoms with E-state index in [-0.39, 0.29) is 11.3 Å². The maximum atomic E-state index is 12.2. The molecule has 0 heterocycles. The van der Waals surface area contributed by atoms with Gasteiger partial charge in [-0.1, -0.05) is 0 Å². The number of hydrogen-bond donors (Lipinski definition) is 2. The lowest BCUT2D eigenvalue weighted by atomic mass is 10.0. The Morgan fingerprint density at radius 1 is 1.23 bits per heavy atom. The summed E-state index contributed by atoms with van der Waals surface area (Å²) in [6, 6.07) is 3.11. The number of amides is 1. The molecule has 1 amide bonds. The van der Waals surface area contributed by atoms with E-state index in [1.165, 1.54) is 29.6 Å². The van der Waals surface area contributed by atoms with Crippen molar-refractivity contribution in [3.8, 4) is 5.75 Å². The molecule has 1 rings (SSSR count). The number of esters is 1. The van der Waals surface area contributed by atoms with Gasteiger partial charge < -0.3 is 15.2 Å². The summed E-state index contributed by atoms with van der Waals surface area (Å²) in [7, 11) is 0.917. The van der Waals surface area contributed by atoms with Crippen molar-refractivity contribution in [2.45, 2.75) is 18.6 Å². The van der Waals surface area contributed by atoms with Gasteiger partial charge in [0.05, 0.1) is 7.11 Å². The summed E-state index contributed by atoms with van der Waals surface area (Å²) in [6.45, 7) is 0. The van der Waals surface area contributed by atoms with Crippen molar-refractivity contribution in [3.05, 3.63) is 29.8 Å². The quantitative estimate of drug-likeness (QED) is 0.628. The number of phenols is 1. The van der Waals surface area contributed by atoms with Gasteiger partial charge in [-0.25, -0.2) is 4.79 Å². The zero-order chi connectivity index (χ0) is 16.9. The first-order chi connectivity index (χ1) is 10.1. The predicted molar refractivity (Wildman–Crippen MR) is 67.1 cm³/mol. The standard InChI is InChI=1S/C13H12F3NO5/c1-22-11(20)9(17-12(21)13(14,15)16)6-10(19)7-2-4-8(18)5-3-7/h2-5,9,18H,6H2,1H3,(H,17,21)/t9-/m0/s1. The molecule has 0 aliphatic rings. The molecule has 0 fully saturated rings. The summed E-state index contributed by atoms with van der Waals surface area (Å²) in [5.41, 5.74) is 0.0629. The van der Waals surface area contributed by atoms with Crippen LogP contribution in [0.3, 0.4) is 0 Å². The molecule has 0 unspecified atom stereocenters. The van der Waals surface area contributed by atoms with Crippen molar-refractivity contribution < 1.29 is 37.4 Å². The van der Waals surface area contributed by atoms with Crippen molar-refractivity contribution in [1.29, 1.82) is 0 Å². The molecule has 0 bridgehead atoms. The van der Waals surface area contributed by atoms with E-state index in [2.05, 4.69) is 4.74 Å². The number of ether oxygens (including phenoxy) is 1. The van der Waals surface area contributed by atoms with Gasteiger partial charge in [0.25, 0.3) is 0 Å². The second-order valence-corrected chi connectivity index (χ2v) is 4.22. The average Bonchev–Trinajstić information content (AvgIpc) is 2.45. The summed E-state index contributed by atoms with van der Waals surface area (Å²) in [5, 5.41) is 10.5. The van der Waals surface area contributed by atoms with Gasteiger partial charge in [0.2, 0.25) is 0 Å². The van der Waals surface area contributed by atoms with Crippen LogP contribution in [-0.4, -0.2) is 42.1 Å². The number of ketones is 1. The Bertz CT molecular complexity index is 568. The van der Waals surface area contributed by atoms with Gasteiger partial charge in [-0.15, -0.1) is 0 Å². The third-order valence-electron chi connectivity index (χ3n) is 2.63. The number of carbonyl (C=O) groups is 3. The number of carbonyl (C=O) groups excluding carboxylic acids is 3. The van der Waals surface area contributed by atoms with E-state index < -0.39 is 36.3 Å². The van der Waals surface area contributed by atoms with Gasteiger partial charge in [0.15, 0.2) is 5.78 Å². The van der Waals surface area contributed by atoms with E-state index in [1.807, 2.05) is 0 Å². The summed E-state index contributed by atoms with van der Waals surface area (Å²) in [4.78, 5) is 34.2. The number of benzene rings is 1. The van der Waals surface area contributed by atoms with Crippen LogP contribution in [0.1, 0.15) is 16.8 Å². The number of Topliss-reactive ketones (excluding diaryl/α,β-unsaturated/α-hetero) is 1. The first kappa shape index (κ1) is 17.5. The zero-order valence-electron chi connectivity index (χ0n) is 11.3. The Hall–Kier alpha value is -2.58. The number of aromatic hydroxyl groups is 1. The van der Waals surface area contributed by atoms with E-state index in [9.17, 15) is 27.6 Å². The molecular weight excluding hydrogens is 307 g/mol. The maximum absolute atomic E-state index is 12.2. The second-order valence-electron chi connectivity index (χ2n) is 4.22. The molecule has 1 aromatic carbocycles. The summed E-state index contributed by atoms with van der Waals surface area (Å²) in [6.07, 6.45) is -5.90. The van der Waals surface area contributed by atoms with Crippen LogP contribution in [0.4, 0.5) is 13.2 Å². The summed E-state index contributed by atoms with van der Waals surface area (Å²) in [5.74, 6) is -4.32. The predicted octanol–water partition coefficient (Wildman–Crippen LogP) is 1.19. The Balaban J connectivity index is 2.85. The Morgan fingerprint density at radius 3 is 2.23 bits per heavy atom. The molecular formula is C13H12F3NO5. The number of rotatable bonds is 5. The van der Waals surface area contributed by atoms with Crippen LogP contribution >= 0.6 is 0 Å². The van der Waals surface area contributed by atoms with Crippen molar-refractivity contribution in [3.63, 3.8) is 0 Å². The monoisotopic (exact) mass is 319 g/mol. The molecule has 1 aromatic rings. The first-order valence-electron chi connectivity index (χ1n) is 5.93. The normalized spacial score (nSPS) is 12.4. The SMILES string of the molecule is COC(=O)[C@H](CC(=O)c1ccc(O)cc1)NC(=O)C(F)(F)F. The topological polar surface area (TPSA) is 92.7 Å². The largest absolute Gasteiger partial charge is 0.508 e. The molecule has 120 valence electrons. The Labute approximate surface area is 122 Å². The van der Waals surface area contributed by atoms with Crippen molar-refractivity contribution >= 4 is 17.7 Å².